The van der Waals surface area contributed by atoms with Crippen molar-refractivity contribution >= 4 is 35.1 Å². The monoisotopic (exact) mass is 507 g/mol. The smallest absolute Gasteiger partial charge is 0.278 e. The Labute approximate surface area is 215 Å². The SMILES string of the molecule is CC(C)(O)c1cccc(-n2c3nc(Nc4ccc5c(c4)CNCC5)ncc3c(=O)n2CC2CC2)n1.Cl. The van der Waals surface area contributed by atoms with Crippen molar-refractivity contribution in [3.05, 3.63) is 69.8 Å². The summed E-state index contributed by atoms with van der Waals surface area (Å²) in [6.07, 6.45) is 4.83. The van der Waals surface area contributed by atoms with Gasteiger partial charge >= 0.3 is 0 Å². The van der Waals surface area contributed by atoms with Crippen molar-refractivity contribution in [2.24, 2.45) is 5.92 Å². The summed E-state index contributed by atoms with van der Waals surface area (Å²) in [7, 11) is 0. The molecule has 1 aromatic carbocycles. The molecule has 10 heteroatoms. The van der Waals surface area contributed by atoms with Crippen molar-refractivity contribution in [1.82, 2.24) is 29.6 Å². The van der Waals surface area contributed by atoms with Crippen LogP contribution in [0.3, 0.4) is 0 Å². The van der Waals surface area contributed by atoms with Crippen LogP contribution in [0.2, 0.25) is 0 Å². The second-order valence-corrected chi connectivity index (χ2v) is 10.0. The van der Waals surface area contributed by atoms with E-state index < -0.39 is 5.60 Å². The molecule has 9 nitrogen and oxygen atoms in total. The fourth-order valence-corrected chi connectivity index (χ4v) is 4.60. The van der Waals surface area contributed by atoms with Gasteiger partial charge in [-0.25, -0.2) is 19.3 Å². The number of halogens is 1. The molecule has 1 saturated carbocycles. The number of nitrogens with zero attached hydrogens (tertiary/aromatic N) is 5. The molecule has 4 aromatic rings. The van der Waals surface area contributed by atoms with Gasteiger partial charge in [0.05, 0.1) is 5.69 Å². The van der Waals surface area contributed by atoms with Crippen molar-refractivity contribution < 1.29 is 5.11 Å². The minimum Gasteiger partial charge on any atom is -0.384 e. The van der Waals surface area contributed by atoms with Crippen LogP contribution in [-0.2, 0) is 25.1 Å². The summed E-state index contributed by atoms with van der Waals surface area (Å²) < 4.78 is 3.48. The predicted molar refractivity (Wildman–Crippen MR) is 141 cm³/mol. The van der Waals surface area contributed by atoms with E-state index in [0.29, 0.717) is 41.0 Å². The molecule has 1 aliphatic carbocycles. The molecule has 6 rings (SSSR count). The van der Waals surface area contributed by atoms with Crippen LogP contribution >= 0.6 is 12.4 Å². The molecular weight excluding hydrogens is 478 g/mol. The standard InChI is InChI=1S/C26H29N7O2.ClH/c1-26(2,35)21-4-3-5-22(30-21)33-23-20(24(34)32(33)15-16-6-7-16)14-28-25(31-23)29-19-9-8-17-10-11-27-13-18(17)12-19;/h3-5,8-9,12,14,16,27,35H,6-7,10-11,13,15H2,1-2H3,(H,28,29,31);1H. The number of benzene rings is 1. The summed E-state index contributed by atoms with van der Waals surface area (Å²) in [6, 6.07) is 11.8. The first kappa shape index (κ1) is 24.4. The normalized spacial score (nSPS) is 15.4. The number of aliphatic hydroxyl groups is 1. The highest BCUT2D eigenvalue weighted by molar-refractivity contribution is 5.85. The second-order valence-electron chi connectivity index (χ2n) is 10.0. The van der Waals surface area contributed by atoms with Gasteiger partial charge in [0.1, 0.15) is 11.0 Å². The number of hydrogen-bond donors (Lipinski definition) is 3. The number of aromatic nitrogens is 5. The Morgan fingerprint density at radius 1 is 1.17 bits per heavy atom. The number of nitrogens with one attached hydrogen (secondary N) is 2. The molecule has 1 aliphatic heterocycles. The predicted octanol–water partition coefficient (Wildman–Crippen LogP) is 3.43. The van der Waals surface area contributed by atoms with E-state index in [2.05, 4.69) is 27.8 Å². The first-order chi connectivity index (χ1) is 16.9. The van der Waals surface area contributed by atoms with E-state index in [1.165, 1.54) is 11.1 Å². The molecule has 0 unspecified atom stereocenters. The third-order valence-electron chi connectivity index (χ3n) is 6.73. The van der Waals surface area contributed by atoms with Gasteiger partial charge in [-0.05, 0) is 81.0 Å². The number of rotatable bonds is 6. The third kappa shape index (κ3) is 4.61. The zero-order valence-corrected chi connectivity index (χ0v) is 21.2. The van der Waals surface area contributed by atoms with E-state index in [0.717, 1.165) is 38.0 Å². The van der Waals surface area contributed by atoms with Gasteiger partial charge in [0.25, 0.3) is 5.56 Å². The molecule has 0 radical (unpaired) electrons. The Morgan fingerprint density at radius 3 is 2.78 bits per heavy atom. The zero-order chi connectivity index (χ0) is 24.2. The zero-order valence-electron chi connectivity index (χ0n) is 20.4. The van der Waals surface area contributed by atoms with Crippen LogP contribution in [0.15, 0.2) is 47.4 Å². The van der Waals surface area contributed by atoms with E-state index in [1.807, 2.05) is 18.2 Å². The molecule has 0 bridgehead atoms. The highest BCUT2D eigenvalue weighted by Crippen LogP contribution is 2.31. The van der Waals surface area contributed by atoms with Gasteiger partial charge in [-0.3, -0.25) is 4.79 Å². The molecule has 36 heavy (non-hydrogen) atoms. The van der Waals surface area contributed by atoms with Crippen LogP contribution in [0.1, 0.15) is 43.5 Å². The van der Waals surface area contributed by atoms with Crippen LogP contribution in [0, 0.1) is 5.92 Å². The summed E-state index contributed by atoms with van der Waals surface area (Å²) in [4.78, 5) is 27.3. The summed E-state index contributed by atoms with van der Waals surface area (Å²) in [5, 5.41) is 17.7. The highest BCUT2D eigenvalue weighted by Gasteiger charge is 2.27. The molecule has 1 fully saturated rings. The van der Waals surface area contributed by atoms with Gasteiger partial charge in [0, 0.05) is 25.0 Å². The minimum absolute atomic E-state index is 0. The van der Waals surface area contributed by atoms with E-state index in [9.17, 15) is 9.90 Å². The second kappa shape index (κ2) is 9.31. The maximum atomic E-state index is 13.4. The fraction of sp³-hybridized carbons (Fsp3) is 0.385. The molecular formula is C26H30ClN7O2. The first-order valence-electron chi connectivity index (χ1n) is 12.2. The maximum absolute atomic E-state index is 13.4. The van der Waals surface area contributed by atoms with Crippen LogP contribution in [0.25, 0.3) is 16.9 Å². The average molecular weight is 508 g/mol. The number of hydrogen-bond acceptors (Lipinski definition) is 7. The van der Waals surface area contributed by atoms with E-state index >= 15 is 0 Å². The summed E-state index contributed by atoms with van der Waals surface area (Å²) >= 11 is 0. The van der Waals surface area contributed by atoms with Gasteiger partial charge in [0.15, 0.2) is 11.5 Å². The molecule has 3 N–H and O–H groups in total. The molecule has 188 valence electrons. The maximum Gasteiger partial charge on any atom is 0.278 e. The number of pyridine rings is 1. The first-order valence-corrected chi connectivity index (χ1v) is 12.2. The Morgan fingerprint density at radius 2 is 2.00 bits per heavy atom. The molecule has 2 aliphatic rings. The quantitative estimate of drug-likeness (QED) is 0.367. The topological polar surface area (TPSA) is 110 Å². The molecule has 0 saturated heterocycles. The van der Waals surface area contributed by atoms with Crippen LogP contribution < -0.4 is 16.2 Å². The Bertz CT molecular complexity index is 1480. The Kier molecular flexibility index (Phi) is 6.32. The number of fused-ring (bicyclic) bond motifs is 2. The lowest BCUT2D eigenvalue weighted by atomic mass is 10.0. The van der Waals surface area contributed by atoms with E-state index in [-0.39, 0.29) is 18.0 Å². The van der Waals surface area contributed by atoms with Gasteiger partial charge < -0.3 is 15.7 Å². The highest BCUT2D eigenvalue weighted by atomic mass is 35.5. The van der Waals surface area contributed by atoms with Gasteiger partial charge in [-0.1, -0.05) is 12.1 Å². The minimum atomic E-state index is -1.11. The van der Waals surface area contributed by atoms with Gasteiger partial charge in [0.2, 0.25) is 5.95 Å². The average Bonchev–Trinajstić information content (AvgIpc) is 3.63. The molecule has 3 aromatic heterocycles. The van der Waals surface area contributed by atoms with Crippen molar-refractivity contribution in [2.75, 3.05) is 11.9 Å². The summed E-state index contributed by atoms with van der Waals surface area (Å²) in [5.41, 5.74) is 3.31. The van der Waals surface area contributed by atoms with E-state index in [1.54, 1.807) is 35.5 Å². The molecule has 0 spiro atoms. The number of anilines is 2. The summed E-state index contributed by atoms with van der Waals surface area (Å²) in [6.45, 7) is 5.84. The third-order valence-corrected chi connectivity index (χ3v) is 6.73. The Balaban J connectivity index is 0.00000267. The van der Waals surface area contributed by atoms with Gasteiger partial charge in [-0.2, -0.15) is 4.98 Å². The van der Waals surface area contributed by atoms with Crippen molar-refractivity contribution in [1.29, 1.82) is 0 Å². The Hall–Kier alpha value is -3.27. The van der Waals surface area contributed by atoms with Crippen LogP contribution in [-0.4, -0.2) is 36.0 Å². The van der Waals surface area contributed by atoms with Gasteiger partial charge in [-0.15, -0.1) is 12.4 Å². The van der Waals surface area contributed by atoms with Crippen LogP contribution in [0.5, 0.6) is 0 Å². The van der Waals surface area contributed by atoms with Crippen molar-refractivity contribution in [2.45, 2.75) is 51.8 Å². The van der Waals surface area contributed by atoms with Crippen LogP contribution in [0.4, 0.5) is 11.6 Å². The fourth-order valence-electron chi connectivity index (χ4n) is 4.60. The summed E-state index contributed by atoms with van der Waals surface area (Å²) in [5.74, 6) is 1.43. The molecule has 0 amide bonds. The molecule has 4 heterocycles. The largest absolute Gasteiger partial charge is 0.384 e. The lowest BCUT2D eigenvalue weighted by Gasteiger charge is -2.19. The lowest BCUT2D eigenvalue weighted by molar-refractivity contribution is 0.0738. The molecule has 0 atom stereocenters. The van der Waals surface area contributed by atoms with E-state index in [4.69, 9.17) is 9.97 Å². The lowest BCUT2D eigenvalue weighted by Crippen LogP contribution is -2.25. The van der Waals surface area contributed by atoms with Crippen molar-refractivity contribution in [3.63, 3.8) is 0 Å². The van der Waals surface area contributed by atoms with Crippen molar-refractivity contribution in [3.8, 4) is 5.82 Å².